The lowest BCUT2D eigenvalue weighted by Crippen LogP contribution is -2.47. The Morgan fingerprint density at radius 2 is 1.00 bits per heavy atom. The van der Waals surface area contributed by atoms with Crippen molar-refractivity contribution in [1.82, 2.24) is 29.2 Å². The number of aromatic nitrogens is 4. The summed E-state index contributed by atoms with van der Waals surface area (Å²) in [5, 5.41) is 21.4. The zero-order valence-electron chi connectivity index (χ0n) is 42.7. The van der Waals surface area contributed by atoms with Gasteiger partial charge in [0.15, 0.2) is 11.6 Å². The Labute approximate surface area is 463 Å². The van der Waals surface area contributed by atoms with Crippen molar-refractivity contribution in [3.63, 3.8) is 0 Å². The number of piperazine rings is 2. The van der Waals surface area contributed by atoms with Crippen LogP contribution in [0, 0.1) is 11.6 Å². The molecule has 0 unspecified atom stereocenters. The second kappa shape index (κ2) is 21.9. The number of esters is 1. The highest BCUT2D eigenvalue weighted by atomic mass is 35.5. The minimum Gasteiger partial charge on any atom is -0.478 e. The van der Waals surface area contributed by atoms with Crippen LogP contribution in [0.4, 0.5) is 20.2 Å². The number of fused-ring (bicyclic) bond motifs is 2. The number of aromatic carboxylic acids is 1. The van der Waals surface area contributed by atoms with E-state index in [4.69, 9.17) is 60.2 Å². The van der Waals surface area contributed by atoms with Crippen LogP contribution in [0.3, 0.4) is 0 Å². The third-order valence-electron chi connectivity index (χ3n) is 15.5. The van der Waals surface area contributed by atoms with E-state index in [9.17, 15) is 14.7 Å². The molecule has 20 heteroatoms. The van der Waals surface area contributed by atoms with E-state index in [0.29, 0.717) is 102 Å². The number of ether oxygens (including phenoxy) is 1. The quantitative estimate of drug-likeness (QED) is 0.104. The Hall–Kier alpha value is -6.14. The summed E-state index contributed by atoms with van der Waals surface area (Å²) in [6, 6.07) is 17.9. The first-order valence-electron chi connectivity index (χ1n) is 25.9. The molecule has 4 aromatic carbocycles. The minimum absolute atomic E-state index is 0.106. The van der Waals surface area contributed by atoms with Gasteiger partial charge in [0.2, 0.25) is 0 Å². The Kier molecular flexibility index (Phi) is 15.1. The summed E-state index contributed by atoms with van der Waals surface area (Å²) in [5.41, 5.74) is 7.27. The second-order valence-corrected chi connectivity index (χ2v) is 22.0. The molecule has 0 radical (unpaired) electrons. The number of methoxy groups -OCH3 is 1. The number of carboxylic acid groups (broad SMARTS) is 1. The molecule has 2 aliphatic carbocycles. The first-order valence-corrected chi connectivity index (χ1v) is 27.4. The molecule has 12 rings (SSSR count). The van der Waals surface area contributed by atoms with Crippen molar-refractivity contribution in [2.75, 3.05) is 82.4 Å². The van der Waals surface area contributed by atoms with Crippen molar-refractivity contribution in [1.29, 1.82) is 0 Å². The lowest BCUT2D eigenvalue weighted by molar-refractivity contribution is 0.0601. The average Bonchev–Trinajstić information content (AvgIpc) is 4.40. The van der Waals surface area contributed by atoms with Crippen LogP contribution >= 0.6 is 46.4 Å². The van der Waals surface area contributed by atoms with E-state index in [2.05, 4.69) is 25.0 Å². The maximum Gasteiger partial charge on any atom is 0.340 e. The van der Waals surface area contributed by atoms with E-state index in [1.165, 1.54) is 13.3 Å². The number of benzene rings is 4. The zero-order chi connectivity index (χ0) is 53.8. The van der Waals surface area contributed by atoms with Crippen molar-refractivity contribution in [2.45, 2.75) is 50.4 Å². The number of hydrogen-bond donors (Lipinski definition) is 1. The van der Waals surface area contributed by atoms with Crippen LogP contribution in [0.15, 0.2) is 82.1 Å². The predicted molar refractivity (Wildman–Crippen MR) is 297 cm³/mol. The molecule has 0 spiro atoms. The average molecular weight is 1130 g/mol. The molecule has 4 aliphatic rings. The third kappa shape index (κ3) is 10.4. The molecule has 2 saturated carbocycles. The van der Waals surface area contributed by atoms with Gasteiger partial charge in [-0.15, -0.1) is 0 Å². The lowest BCUT2D eigenvalue weighted by Gasteiger charge is -2.36. The lowest BCUT2D eigenvalue weighted by atomic mass is 10.0. The summed E-state index contributed by atoms with van der Waals surface area (Å²) in [4.78, 5) is 32.5. The molecule has 0 amide bonds. The van der Waals surface area contributed by atoms with E-state index in [0.717, 1.165) is 117 Å². The Morgan fingerprint density at radius 1 is 0.610 bits per heavy atom. The number of aryl methyl sites for hydroxylation is 2. The fourth-order valence-electron chi connectivity index (χ4n) is 11.1. The normalized spacial score (nSPS) is 16.4. The number of carbonyl (C=O) groups is 2. The Balaban J connectivity index is 0.000000164. The molecule has 14 nitrogen and oxygen atoms in total. The number of carboxylic acids is 1. The smallest absolute Gasteiger partial charge is 0.340 e. The van der Waals surface area contributed by atoms with Gasteiger partial charge in [0.05, 0.1) is 60.7 Å². The molecule has 8 aromatic rings. The number of carbonyl (C=O) groups excluding carboxylic acids is 1. The van der Waals surface area contributed by atoms with Gasteiger partial charge in [0.25, 0.3) is 0 Å². The fourth-order valence-corrected chi connectivity index (χ4v) is 12.2. The fraction of sp³-hybridized carbons (Fsp3) is 0.368. The summed E-state index contributed by atoms with van der Waals surface area (Å²) in [6.45, 7) is 7.50. The van der Waals surface area contributed by atoms with Crippen molar-refractivity contribution in [3.05, 3.63) is 139 Å². The Morgan fingerprint density at radius 3 is 1.38 bits per heavy atom. The van der Waals surface area contributed by atoms with Crippen molar-refractivity contribution in [3.8, 4) is 22.5 Å². The van der Waals surface area contributed by atoms with Crippen LogP contribution in [0.5, 0.6) is 0 Å². The van der Waals surface area contributed by atoms with E-state index in [1.807, 2.05) is 41.3 Å². The highest BCUT2D eigenvalue weighted by Crippen LogP contribution is 2.48. The van der Waals surface area contributed by atoms with Gasteiger partial charge in [-0.05, 0) is 87.1 Å². The molecule has 4 fully saturated rings. The van der Waals surface area contributed by atoms with Crippen molar-refractivity contribution in [2.24, 2.45) is 14.1 Å². The zero-order valence-corrected chi connectivity index (χ0v) is 45.8. The first-order chi connectivity index (χ1) is 37.2. The van der Waals surface area contributed by atoms with E-state index in [-0.39, 0.29) is 17.2 Å². The van der Waals surface area contributed by atoms with Gasteiger partial charge in [-0.2, -0.15) is 0 Å². The van der Waals surface area contributed by atoms with E-state index < -0.39 is 11.9 Å². The molecule has 0 atom stereocenters. The molecule has 2 aliphatic heterocycles. The maximum absolute atomic E-state index is 15.7. The van der Waals surface area contributed by atoms with E-state index in [1.54, 1.807) is 53.7 Å². The molecule has 1 N–H and O–H groups in total. The molecule has 4 aromatic heterocycles. The Bertz CT molecular complexity index is 3510. The summed E-state index contributed by atoms with van der Waals surface area (Å²) < 4.78 is 50.8. The molecular weight excluding hydrogens is 1070 g/mol. The number of halogens is 6. The van der Waals surface area contributed by atoms with Crippen molar-refractivity contribution < 1.29 is 37.3 Å². The highest BCUT2D eigenvalue weighted by Gasteiger charge is 2.36. The monoisotopic (exact) mass is 1130 g/mol. The van der Waals surface area contributed by atoms with Crippen molar-refractivity contribution >= 4 is 91.5 Å². The van der Waals surface area contributed by atoms with E-state index >= 15 is 8.78 Å². The number of nitrogens with zero attached hydrogens (tertiary/aromatic N) is 8. The minimum atomic E-state index is -1.06. The number of rotatable bonds is 14. The summed E-state index contributed by atoms with van der Waals surface area (Å²) in [6.07, 6.45) is 9.02. The predicted octanol–water partition coefficient (Wildman–Crippen LogP) is 12.5. The number of anilines is 2. The van der Waals surface area contributed by atoms with Crippen LogP contribution in [0.1, 0.15) is 80.9 Å². The summed E-state index contributed by atoms with van der Waals surface area (Å²) in [5.74, 6) is 0.463. The van der Waals surface area contributed by atoms with Gasteiger partial charge in [-0.25, -0.2) is 18.4 Å². The molecule has 6 heterocycles. The van der Waals surface area contributed by atoms with Gasteiger partial charge in [0.1, 0.15) is 22.9 Å². The molecule has 402 valence electrons. The van der Waals surface area contributed by atoms with Gasteiger partial charge in [-0.3, -0.25) is 9.80 Å². The molecular formula is C57H56Cl4F2N8O6. The van der Waals surface area contributed by atoms with Crippen LogP contribution < -0.4 is 9.80 Å². The summed E-state index contributed by atoms with van der Waals surface area (Å²) >= 11 is 26.0. The van der Waals surface area contributed by atoms with Gasteiger partial charge < -0.3 is 37.8 Å². The van der Waals surface area contributed by atoms with Crippen LogP contribution in [-0.2, 0) is 31.7 Å². The SMILES string of the molecule is COC(=O)c1cn(C)c2c(F)c(N3CCN(CCc4c(-c5c(Cl)cccc5Cl)noc4C4CC4)CC3)ccc12.Cn1cc(C(=O)O)c2ccc(N3CCN(CCc4c(-c5c(Cl)cccc5Cl)noc4C4CC4)CC3)c(F)c21. The third-order valence-corrected chi connectivity index (χ3v) is 16.7. The molecule has 2 saturated heterocycles. The summed E-state index contributed by atoms with van der Waals surface area (Å²) in [7, 11) is 4.74. The molecule has 0 bridgehead atoms. The van der Waals surface area contributed by atoms with Gasteiger partial charge in [0, 0.05) is 137 Å². The largest absolute Gasteiger partial charge is 0.478 e. The van der Waals surface area contributed by atoms with Crippen LogP contribution in [-0.4, -0.2) is 119 Å². The standard InChI is InChI=1S/C29H29Cl2FN4O3.C28H27Cl2FN4O3/c1-34-16-20(29(37)38-2)18-8-9-23(25(32)27(18)34)36-14-12-35(13-15-36)11-10-19-26(33-39-28(19)17-6-7-17)24-21(30)4-3-5-22(24)31;1-33-15-19(28(36)37)17-7-8-22(24(31)26(17)33)35-13-11-34(12-14-35)10-9-18-25(32-38-27(18)16-5-6-16)23-20(29)3-2-4-21(23)30/h3-5,8-9,16-17H,6-7,10-15H2,1-2H3;2-4,7-8,15-16H,5-6,9-14H2,1H3,(H,36,37). The van der Waals surface area contributed by atoms with Crippen LogP contribution in [0.25, 0.3) is 44.3 Å². The van der Waals surface area contributed by atoms with Gasteiger partial charge in [-0.1, -0.05) is 68.8 Å². The number of hydrogen-bond acceptors (Lipinski definition) is 11. The second-order valence-electron chi connectivity index (χ2n) is 20.3. The van der Waals surface area contributed by atoms with Crippen LogP contribution in [0.2, 0.25) is 20.1 Å². The maximum atomic E-state index is 15.7. The topological polar surface area (TPSA) is 138 Å². The first kappa shape index (κ1) is 52.9. The molecule has 77 heavy (non-hydrogen) atoms. The van der Waals surface area contributed by atoms with Gasteiger partial charge >= 0.3 is 11.9 Å². The highest BCUT2D eigenvalue weighted by molar-refractivity contribution is 6.39.